The number of aromatic nitrogens is 1. The van der Waals surface area contributed by atoms with Gasteiger partial charge in [0.15, 0.2) is 0 Å². The first-order chi connectivity index (χ1) is 9.93. The molecule has 0 aliphatic heterocycles. The van der Waals surface area contributed by atoms with Gasteiger partial charge >= 0.3 is 11.9 Å². The molecule has 0 fully saturated rings. The van der Waals surface area contributed by atoms with Crippen LogP contribution in [-0.4, -0.2) is 29.1 Å². The summed E-state index contributed by atoms with van der Waals surface area (Å²) in [6, 6.07) is 5.77. The monoisotopic (exact) mass is 325 g/mol. The van der Waals surface area contributed by atoms with Crippen LogP contribution in [0.15, 0.2) is 30.5 Å². The van der Waals surface area contributed by atoms with Gasteiger partial charge in [0, 0.05) is 11.8 Å². The Kier molecular flexibility index (Phi) is 4.45. The maximum atomic E-state index is 11.6. The second-order valence-electron chi connectivity index (χ2n) is 4.04. The molecule has 0 spiro atoms. The van der Waals surface area contributed by atoms with E-state index < -0.39 is 11.9 Å². The van der Waals surface area contributed by atoms with E-state index >= 15 is 0 Å². The molecule has 7 heteroatoms. The molecule has 0 aliphatic rings. The summed E-state index contributed by atoms with van der Waals surface area (Å²) in [5.41, 5.74) is 0.922. The highest BCUT2D eigenvalue weighted by molar-refractivity contribution is 6.33. The molecule has 2 rings (SSSR count). The van der Waals surface area contributed by atoms with E-state index in [1.807, 2.05) is 0 Å². The quantitative estimate of drug-likeness (QED) is 0.689. The number of hydrogen-bond donors (Lipinski definition) is 1. The number of ether oxygens (including phenoxy) is 1. The SMILES string of the molecule is COC(=O)c1cc(-c2cnc(Cl)cc2C(=O)O)ccc1Cl. The first-order valence-corrected chi connectivity index (χ1v) is 6.46. The third-order valence-electron chi connectivity index (χ3n) is 2.78. The van der Waals surface area contributed by atoms with E-state index in [0.29, 0.717) is 11.1 Å². The molecule has 1 heterocycles. The molecule has 1 aromatic carbocycles. The second-order valence-corrected chi connectivity index (χ2v) is 4.84. The summed E-state index contributed by atoms with van der Waals surface area (Å²) >= 11 is 11.6. The van der Waals surface area contributed by atoms with E-state index in [-0.39, 0.29) is 21.3 Å². The minimum atomic E-state index is -1.15. The van der Waals surface area contributed by atoms with Gasteiger partial charge in [-0.3, -0.25) is 0 Å². The third-order valence-corrected chi connectivity index (χ3v) is 3.32. The van der Waals surface area contributed by atoms with Gasteiger partial charge in [0.25, 0.3) is 0 Å². The molecule has 1 N–H and O–H groups in total. The van der Waals surface area contributed by atoms with Crippen LogP contribution in [-0.2, 0) is 4.74 Å². The van der Waals surface area contributed by atoms with Gasteiger partial charge in [-0.05, 0) is 23.8 Å². The fourth-order valence-electron chi connectivity index (χ4n) is 1.80. The Morgan fingerprint density at radius 1 is 1.19 bits per heavy atom. The molecule has 0 atom stereocenters. The number of benzene rings is 1. The van der Waals surface area contributed by atoms with E-state index in [1.165, 1.54) is 31.5 Å². The molecule has 0 aliphatic carbocycles. The van der Waals surface area contributed by atoms with Crippen LogP contribution in [0, 0.1) is 0 Å². The van der Waals surface area contributed by atoms with Gasteiger partial charge in [0.2, 0.25) is 0 Å². The standard InChI is InChI=1S/C14H9Cl2NO4/c1-21-14(20)9-4-7(2-3-11(9)15)10-6-17-12(16)5-8(10)13(18)19/h2-6H,1H3,(H,18,19). The average molecular weight is 326 g/mol. The Morgan fingerprint density at radius 3 is 2.52 bits per heavy atom. The molecule has 0 saturated heterocycles. The van der Waals surface area contributed by atoms with Gasteiger partial charge in [0.1, 0.15) is 5.15 Å². The number of carboxylic acids is 1. The van der Waals surface area contributed by atoms with Gasteiger partial charge in [-0.15, -0.1) is 0 Å². The number of hydrogen-bond acceptors (Lipinski definition) is 4. The first kappa shape index (κ1) is 15.3. The molecule has 0 amide bonds. The summed E-state index contributed by atoms with van der Waals surface area (Å²) in [6.45, 7) is 0. The highest BCUT2D eigenvalue weighted by atomic mass is 35.5. The van der Waals surface area contributed by atoms with E-state index in [2.05, 4.69) is 9.72 Å². The van der Waals surface area contributed by atoms with Crippen LogP contribution in [0.4, 0.5) is 0 Å². The van der Waals surface area contributed by atoms with E-state index in [0.717, 1.165) is 0 Å². The topological polar surface area (TPSA) is 76.5 Å². The van der Waals surface area contributed by atoms with Crippen LogP contribution in [0.5, 0.6) is 0 Å². The lowest BCUT2D eigenvalue weighted by Crippen LogP contribution is -2.04. The lowest BCUT2D eigenvalue weighted by atomic mass is 10.00. The molecule has 0 bridgehead atoms. The number of carbonyl (C=O) groups excluding carboxylic acids is 1. The molecule has 0 unspecified atom stereocenters. The summed E-state index contributed by atoms with van der Waals surface area (Å²) in [5.74, 6) is -1.76. The van der Waals surface area contributed by atoms with Crippen LogP contribution in [0.2, 0.25) is 10.2 Å². The van der Waals surface area contributed by atoms with E-state index in [4.69, 9.17) is 23.2 Å². The van der Waals surface area contributed by atoms with Crippen LogP contribution in [0.1, 0.15) is 20.7 Å². The highest BCUT2D eigenvalue weighted by Crippen LogP contribution is 2.29. The number of methoxy groups -OCH3 is 1. The maximum Gasteiger partial charge on any atom is 0.339 e. The number of pyridine rings is 1. The van der Waals surface area contributed by atoms with Crippen molar-refractivity contribution < 1.29 is 19.4 Å². The van der Waals surface area contributed by atoms with Crippen LogP contribution >= 0.6 is 23.2 Å². The molecule has 1 aromatic heterocycles. The zero-order chi connectivity index (χ0) is 15.6. The Bertz CT molecular complexity index is 731. The van der Waals surface area contributed by atoms with Crippen LogP contribution < -0.4 is 0 Å². The summed E-state index contributed by atoms with van der Waals surface area (Å²) in [6.07, 6.45) is 1.33. The Balaban J connectivity index is 2.63. The number of rotatable bonds is 3. The van der Waals surface area contributed by atoms with Crippen LogP contribution in [0.25, 0.3) is 11.1 Å². The zero-order valence-corrected chi connectivity index (χ0v) is 12.3. The van der Waals surface area contributed by atoms with Crippen molar-refractivity contribution in [1.82, 2.24) is 4.98 Å². The average Bonchev–Trinajstić information content (AvgIpc) is 2.47. The first-order valence-electron chi connectivity index (χ1n) is 5.71. The normalized spacial score (nSPS) is 10.2. The van der Waals surface area contributed by atoms with Crippen molar-refractivity contribution in [2.45, 2.75) is 0 Å². The predicted molar refractivity (Wildman–Crippen MR) is 78.0 cm³/mol. The van der Waals surface area contributed by atoms with E-state index in [9.17, 15) is 14.7 Å². The van der Waals surface area contributed by atoms with Gasteiger partial charge in [-0.2, -0.15) is 0 Å². The Morgan fingerprint density at radius 2 is 1.90 bits per heavy atom. The predicted octanol–water partition coefficient (Wildman–Crippen LogP) is 3.54. The molecule has 21 heavy (non-hydrogen) atoms. The molecule has 0 saturated carbocycles. The smallest absolute Gasteiger partial charge is 0.339 e. The summed E-state index contributed by atoms with van der Waals surface area (Å²) < 4.78 is 4.63. The minimum Gasteiger partial charge on any atom is -0.478 e. The summed E-state index contributed by atoms with van der Waals surface area (Å²) in [7, 11) is 1.23. The minimum absolute atomic E-state index is 0.0202. The second kappa shape index (κ2) is 6.11. The lowest BCUT2D eigenvalue weighted by Gasteiger charge is -2.09. The number of aromatic carboxylic acids is 1. The Hall–Kier alpha value is -2.11. The molecule has 2 aromatic rings. The maximum absolute atomic E-state index is 11.6. The largest absolute Gasteiger partial charge is 0.478 e. The number of esters is 1. The summed E-state index contributed by atoms with van der Waals surface area (Å²) in [4.78, 5) is 26.8. The Labute approximate surface area is 130 Å². The molecule has 0 radical (unpaired) electrons. The van der Waals surface area contributed by atoms with Gasteiger partial charge in [-0.1, -0.05) is 29.3 Å². The van der Waals surface area contributed by atoms with Crippen LogP contribution in [0.3, 0.4) is 0 Å². The molecule has 108 valence electrons. The van der Waals surface area contributed by atoms with Crippen molar-refractivity contribution in [3.05, 3.63) is 51.8 Å². The number of carbonyl (C=O) groups is 2. The third kappa shape index (κ3) is 3.15. The lowest BCUT2D eigenvalue weighted by molar-refractivity contribution is 0.0600. The fraction of sp³-hybridized carbons (Fsp3) is 0.0714. The van der Waals surface area contributed by atoms with Gasteiger partial charge in [0.05, 0.1) is 23.3 Å². The molecular formula is C14H9Cl2NO4. The van der Waals surface area contributed by atoms with Crippen molar-refractivity contribution in [3.8, 4) is 11.1 Å². The van der Waals surface area contributed by atoms with Gasteiger partial charge in [-0.25, -0.2) is 14.6 Å². The molecular weight excluding hydrogens is 317 g/mol. The van der Waals surface area contributed by atoms with Crippen molar-refractivity contribution in [2.24, 2.45) is 0 Å². The van der Waals surface area contributed by atoms with Crippen molar-refractivity contribution in [3.63, 3.8) is 0 Å². The summed E-state index contributed by atoms with van der Waals surface area (Å²) in [5, 5.41) is 9.51. The zero-order valence-electron chi connectivity index (χ0n) is 10.8. The number of halogens is 2. The van der Waals surface area contributed by atoms with Crippen molar-refractivity contribution in [1.29, 1.82) is 0 Å². The van der Waals surface area contributed by atoms with E-state index in [1.54, 1.807) is 6.07 Å². The fourth-order valence-corrected chi connectivity index (χ4v) is 2.15. The highest BCUT2D eigenvalue weighted by Gasteiger charge is 2.17. The number of carboxylic acid groups (broad SMARTS) is 1. The van der Waals surface area contributed by atoms with Crippen molar-refractivity contribution in [2.75, 3.05) is 7.11 Å². The molecule has 5 nitrogen and oxygen atoms in total. The number of nitrogens with zero attached hydrogens (tertiary/aromatic N) is 1. The van der Waals surface area contributed by atoms with Gasteiger partial charge < -0.3 is 9.84 Å². The van der Waals surface area contributed by atoms with Crippen molar-refractivity contribution >= 4 is 35.1 Å².